The molecule has 84 valence electrons. The maximum Gasteiger partial charge on any atom is 0.0398 e. The zero-order valence-corrected chi connectivity index (χ0v) is 9.73. The Morgan fingerprint density at radius 3 is 2.75 bits per heavy atom. The van der Waals surface area contributed by atoms with Gasteiger partial charge in [0.25, 0.3) is 0 Å². The van der Waals surface area contributed by atoms with Gasteiger partial charge in [-0.15, -0.1) is 0 Å². The van der Waals surface area contributed by atoms with Crippen LogP contribution in [0.4, 0.5) is 0 Å². The lowest BCUT2D eigenvalue weighted by molar-refractivity contribution is 0.174. The van der Waals surface area contributed by atoms with Gasteiger partial charge in [0.1, 0.15) is 0 Å². The van der Waals surface area contributed by atoms with E-state index in [0.717, 1.165) is 6.54 Å². The molecule has 1 fully saturated rings. The number of nitrogens with zero attached hydrogens (tertiary/aromatic N) is 1. The van der Waals surface area contributed by atoms with Crippen molar-refractivity contribution in [2.75, 3.05) is 6.54 Å². The summed E-state index contributed by atoms with van der Waals surface area (Å²) in [7, 11) is 0. The van der Waals surface area contributed by atoms with Gasteiger partial charge in [0.05, 0.1) is 0 Å². The summed E-state index contributed by atoms with van der Waals surface area (Å²) >= 11 is 0. The van der Waals surface area contributed by atoms with Crippen molar-refractivity contribution in [2.24, 2.45) is 0 Å². The van der Waals surface area contributed by atoms with Gasteiger partial charge in [0.15, 0.2) is 0 Å². The molecule has 0 radical (unpaired) electrons. The molecule has 1 unspecified atom stereocenters. The normalized spacial score (nSPS) is 29.2. The largest absolute Gasteiger partial charge is 0.290 e. The molecule has 16 heavy (non-hydrogen) atoms. The molecular weight excluding hydrogens is 194 g/mol. The third-order valence-corrected chi connectivity index (χ3v) is 4.06. The Morgan fingerprint density at radius 2 is 2.00 bits per heavy atom. The predicted octanol–water partition coefficient (Wildman–Crippen LogP) is 3.37. The molecule has 1 spiro atoms. The zero-order chi connectivity index (χ0) is 10.8. The summed E-state index contributed by atoms with van der Waals surface area (Å²) in [6.45, 7) is 2.38. The van der Waals surface area contributed by atoms with Crippen LogP contribution in [0.15, 0.2) is 42.5 Å². The van der Waals surface area contributed by atoms with E-state index in [0.29, 0.717) is 5.54 Å². The smallest absolute Gasteiger partial charge is 0.0398 e. The molecule has 0 N–H and O–H groups in total. The van der Waals surface area contributed by atoms with Crippen LogP contribution in [0.2, 0.25) is 0 Å². The van der Waals surface area contributed by atoms with Crippen LogP contribution in [0.25, 0.3) is 0 Å². The number of rotatable bonds is 2. The van der Waals surface area contributed by atoms with Crippen molar-refractivity contribution in [2.45, 2.75) is 37.8 Å². The molecule has 1 aromatic rings. The standard InChI is InChI=1S/C15H19N/c1-2-7-14(8-3-1)13-16-12-6-11-15(16)9-4-5-10-15/h1-4,7-9H,5-6,10-13H2. The Morgan fingerprint density at radius 1 is 1.12 bits per heavy atom. The zero-order valence-electron chi connectivity index (χ0n) is 9.73. The first kappa shape index (κ1) is 10.1. The lowest BCUT2D eigenvalue weighted by atomic mass is 9.95. The SMILES string of the molecule is C1=CC2(CC1)CCCN2Cc1ccccc1. The first-order chi connectivity index (χ1) is 7.89. The second kappa shape index (κ2) is 4.06. The maximum atomic E-state index is 2.67. The fraction of sp³-hybridized carbons (Fsp3) is 0.467. The average Bonchev–Trinajstić information content (AvgIpc) is 2.93. The summed E-state index contributed by atoms with van der Waals surface area (Å²) in [5.41, 5.74) is 1.86. The van der Waals surface area contributed by atoms with E-state index >= 15 is 0 Å². The molecule has 1 aliphatic carbocycles. The number of benzene rings is 1. The fourth-order valence-corrected chi connectivity index (χ4v) is 3.19. The van der Waals surface area contributed by atoms with Crippen LogP contribution >= 0.6 is 0 Å². The number of allylic oxidation sites excluding steroid dienone is 1. The van der Waals surface area contributed by atoms with Crippen LogP contribution in [0.1, 0.15) is 31.2 Å². The molecule has 0 saturated carbocycles. The summed E-state index contributed by atoms with van der Waals surface area (Å²) in [6.07, 6.45) is 10.1. The van der Waals surface area contributed by atoms with Crippen molar-refractivity contribution in [3.05, 3.63) is 48.0 Å². The molecule has 2 aliphatic rings. The van der Waals surface area contributed by atoms with E-state index in [1.807, 2.05) is 0 Å². The summed E-state index contributed by atoms with van der Waals surface area (Å²) in [5.74, 6) is 0. The van der Waals surface area contributed by atoms with Crippen molar-refractivity contribution in [3.8, 4) is 0 Å². The molecule has 1 nitrogen and oxygen atoms in total. The van der Waals surface area contributed by atoms with E-state index in [9.17, 15) is 0 Å². The minimum absolute atomic E-state index is 0.413. The van der Waals surface area contributed by atoms with Gasteiger partial charge in [-0.3, -0.25) is 4.90 Å². The molecule has 1 aliphatic heterocycles. The topological polar surface area (TPSA) is 3.24 Å². The van der Waals surface area contributed by atoms with Crippen LogP contribution in [0.5, 0.6) is 0 Å². The third kappa shape index (κ3) is 1.69. The highest BCUT2D eigenvalue weighted by Crippen LogP contribution is 2.39. The van der Waals surface area contributed by atoms with Gasteiger partial charge in [0.2, 0.25) is 0 Å². The first-order valence-corrected chi connectivity index (χ1v) is 6.36. The predicted molar refractivity (Wildman–Crippen MR) is 67.2 cm³/mol. The summed E-state index contributed by atoms with van der Waals surface area (Å²) in [5, 5.41) is 0. The van der Waals surface area contributed by atoms with Crippen LogP contribution < -0.4 is 0 Å². The lowest BCUT2D eigenvalue weighted by Gasteiger charge is -2.33. The highest BCUT2D eigenvalue weighted by Gasteiger charge is 2.39. The lowest BCUT2D eigenvalue weighted by Crippen LogP contribution is -2.39. The van der Waals surface area contributed by atoms with Gasteiger partial charge in [0, 0.05) is 12.1 Å². The van der Waals surface area contributed by atoms with Crippen molar-refractivity contribution in [3.63, 3.8) is 0 Å². The second-order valence-corrected chi connectivity index (χ2v) is 5.06. The number of hydrogen-bond acceptors (Lipinski definition) is 1. The molecular formula is C15H19N. The summed E-state index contributed by atoms with van der Waals surface area (Å²) in [4.78, 5) is 2.67. The molecule has 1 heteroatoms. The van der Waals surface area contributed by atoms with Gasteiger partial charge in [-0.05, 0) is 37.8 Å². The average molecular weight is 213 g/mol. The Labute approximate surface area is 97.8 Å². The molecule has 1 heterocycles. The van der Waals surface area contributed by atoms with Gasteiger partial charge >= 0.3 is 0 Å². The van der Waals surface area contributed by atoms with E-state index in [1.54, 1.807) is 0 Å². The molecule has 1 atom stereocenters. The molecule has 0 aromatic heterocycles. The molecule has 0 amide bonds. The number of likely N-dealkylation sites (tertiary alicyclic amines) is 1. The maximum absolute atomic E-state index is 2.67. The van der Waals surface area contributed by atoms with Crippen molar-refractivity contribution in [1.29, 1.82) is 0 Å². The van der Waals surface area contributed by atoms with E-state index < -0.39 is 0 Å². The molecule has 1 aromatic carbocycles. The molecule has 0 bridgehead atoms. The fourth-order valence-electron chi connectivity index (χ4n) is 3.19. The van der Waals surface area contributed by atoms with E-state index in [4.69, 9.17) is 0 Å². The summed E-state index contributed by atoms with van der Waals surface area (Å²) < 4.78 is 0. The van der Waals surface area contributed by atoms with Crippen LogP contribution in [0.3, 0.4) is 0 Å². The van der Waals surface area contributed by atoms with E-state index in [-0.39, 0.29) is 0 Å². The Balaban J connectivity index is 1.77. The Hall–Kier alpha value is -1.08. The van der Waals surface area contributed by atoms with Gasteiger partial charge in [-0.1, -0.05) is 42.5 Å². The minimum atomic E-state index is 0.413. The Kier molecular flexibility index (Phi) is 2.56. The number of hydrogen-bond donors (Lipinski definition) is 0. The second-order valence-electron chi connectivity index (χ2n) is 5.06. The van der Waals surface area contributed by atoms with Crippen molar-refractivity contribution < 1.29 is 0 Å². The van der Waals surface area contributed by atoms with Crippen LogP contribution in [-0.4, -0.2) is 17.0 Å². The minimum Gasteiger partial charge on any atom is -0.290 e. The Bertz CT molecular complexity index is 382. The highest BCUT2D eigenvalue weighted by molar-refractivity contribution is 5.20. The van der Waals surface area contributed by atoms with E-state index in [1.165, 1.54) is 37.8 Å². The van der Waals surface area contributed by atoms with Crippen LogP contribution in [0, 0.1) is 0 Å². The quantitative estimate of drug-likeness (QED) is 0.681. The van der Waals surface area contributed by atoms with Crippen molar-refractivity contribution in [1.82, 2.24) is 4.90 Å². The monoisotopic (exact) mass is 213 g/mol. The summed E-state index contributed by atoms with van der Waals surface area (Å²) in [6, 6.07) is 10.9. The van der Waals surface area contributed by atoms with E-state index in [2.05, 4.69) is 47.4 Å². The van der Waals surface area contributed by atoms with Gasteiger partial charge in [-0.25, -0.2) is 0 Å². The van der Waals surface area contributed by atoms with Gasteiger partial charge in [-0.2, -0.15) is 0 Å². The molecule has 1 saturated heterocycles. The first-order valence-electron chi connectivity index (χ1n) is 6.36. The van der Waals surface area contributed by atoms with Crippen LogP contribution in [-0.2, 0) is 6.54 Å². The third-order valence-electron chi connectivity index (χ3n) is 4.06. The highest BCUT2D eigenvalue weighted by atomic mass is 15.2. The molecule has 3 rings (SSSR count). The van der Waals surface area contributed by atoms with Crippen molar-refractivity contribution >= 4 is 0 Å². The van der Waals surface area contributed by atoms with Gasteiger partial charge < -0.3 is 0 Å².